The Morgan fingerprint density at radius 2 is 1.39 bits per heavy atom. The molecule has 2 fully saturated rings. The molecule has 0 spiro atoms. The molecule has 0 aliphatic carbocycles. The van der Waals surface area contributed by atoms with Crippen LogP contribution < -0.4 is 4.74 Å². The van der Waals surface area contributed by atoms with E-state index in [1.807, 2.05) is 65.3 Å². The number of carbonyl (C=O) groups is 2. The van der Waals surface area contributed by atoms with Gasteiger partial charge in [-0.25, -0.2) is 0 Å². The first-order chi connectivity index (χ1) is 15.1. The van der Waals surface area contributed by atoms with Crippen LogP contribution in [0.15, 0.2) is 48.5 Å². The smallest absolute Gasteiger partial charge is 0.253 e. The van der Waals surface area contributed by atoms with Crippen molar-refractivity contribution in [2.75, 3.05) is 32.8 Å². The highest BCUT2D eigenvalue weighted by atomic mass is 16.5. The fraction of sp³-hybridized carbons (Fsp3) is 0.462. The maximum absolute atomic E-state index is 12.8. The van der Waals surface area contributed by atoms with E-state index in [0.29, 0.717) is 12.5 Å². The Bertz CT molecular complexity index is 886. The SMILES string of the molecule is Cc1ccc(C(=O)N2CCC[C@@H](COc3ccc(C(=O)N4CCCCC4)cc3)C2)cc1. The van der Waals surface area contributed by atoms with Crippen molar-refractivity contribution in [3.63, 3.8) is 0 Å². The van der Waals surface area contributed by atoms with Crippen LogP contribution >= 0.6 is 0 Å². The van der Waals surface area contributed by atoms with Gasteiger partial charge in [-0.05, 0) is 75.4 Å². The van der Waals surface area contributed by atoms with Crippen LogP contribution in [-0.2, 0) is 0 Å². The van der Waals surface area contributed by atoms with E-state index in [2.05, 4.69) is 0 Å². The van der Waals surface area contributed by atoms with E-state index in [-0.39, 0.29) is 11.8 Å². The molecule has 164 valence electrons. The Balaban J connectivity index is 1.29. The van der Waals surface area contributed by atoms with Gasteiger partial charge in [0.2, 0.25) is 0 Å². The van der Waals surface area contributed by atoms with Gasteiger partial charge in [-0.2, -0.15) is 0 Å². The van der Waals surface area contributed by atoms with E-state index < -0.39 is 0 Å². The number of ether oxygens (including phenoxy) is 1. The average molecular weight is 421 g/mol. The normalized spacial score (nSPS) is 19.2. The first kappa shape index (κ1) is 21.4. The molecule has 4 rings (SSSR count). The third kappa shape index (κ3) is 5.46. The molecule has 0 radical (unpaired) electrons. The predicted octanol–water partition coefficient (Wildman–Crippen LogP) is 4.55. The number of piperidine rings is 2. The van der Waals surface area contributed by atoms with Crippen LogP contribution in [0, 0.1) is 12.8 Å². The zero-order valence-corrected chi connectivity index (χ0v) is 18.4. The summed E-state index contributed by atoms with van der Waals surface area (Å²) >= 11 is 0. The summed E-state index contributed by atoms with van der Waals surface area (Å²) in [6.07, 6.45) is 5.46. The van der Waals surface area contributed by atoms with Crippen LogP contribution in [-0.4, -0.2) is 54.4 Å². The molecule has 0 aromatic heterocycles. The van der Waals surface area contributed by atoms with Crippen molar-refractivity contribution in [2.45, 2.75) is 39.0 Å². The average Bonchev–Trinajstić information content (AvgIpc) is 2.83. The van der Waals surface area contributed by atoms with E-state index in [4.69, 9.17) is 4.74 Å². The van der Waals surface area contributed by atoms with Gasteiger partial charge in [0.1, 0.15) is 5.75 Å². The molecule has 2 aromatic carbocycles. The monoisotopic (exact) mass is 420 g/mol. The highest BCUT2D eigenvalue weighted by Gasteiger charge is 2.25. The summed E-state index contributed by atoms with van der Waals surface area (Å²) in [5.41, 5.74) is 2.63. The number of carbonyl (C=O) groups excluding carboxylic acids is 2. The zero-order chi connectivity index (χ0) is 21.6. The van der Waals surface area contributed by atoms with Gasteiger partial charge < -0.3 is 14.5 Å². The second-order valence-corrected chi connectivity index (χ2v) is 8.81. The van der Waals surface area contributed by atoms with Crippen LogP contribution in [0.25, 0.3) is 0 Å². The third-order valence-corrected chi connectivity index (χ3v) is 6.33. The molecule has 0 N–H and O–H groups in total. The number of nitrogens with zero attached hydrogens (tertiary/aromatic N) is 2. The van der Waals surface area contributed by atoms with Crippen molar-refractivity contribution in [2.24, 2.45) is 5.92 Å². The lowest BCUT2D eigenvalue weighted by atomic mass is 9.98. The van der Waals surface area contributed by atoms with Crippen LogP contribution in [0.1, 0.15) is 58.4 Å². The summed E-state index contributed by atoms with van der Waals surface area (Å²) in [5, 5.41) is 0. The molecule has 1 atom stereocenters. The number of amides is 2. The van der Waals surface area contributed by atoms with Crippen LogP contribution in [0.4, 0.5) is 0 Å². The third-order valence-electron chi connectivity index (χ3n) is 6.33. The van der Waals surface area contributed by atoms with Crippen molar-refractivity contribution in [3.8, 4) is 5.75 Å². The van der Waals surface area contributed by atoms with E-state index >= 15 is 0 Å². The largest absolute Gasteiger partial charge is 0.493 e. The fourth-order valence-electron chi connectivity index (χ4n) is 4.45. The van der Waals surface area contributed by atoms with Crippen molar-refractivity contribution < 1.29 is 14.3 Å². The van der Waals surface area contributed by atoms with E-state index in [0.717, 1.165) is 74.3 Å². The highest BCUT2D eigenvalue weighted by Crippen LogP contribution is 2.22. The first-order valence-electron chi connectivity index (χ1n) is 11.5. The zero-order valence-electron chi connectivity index (χ0n) is 18.4. The van der Waals surface area contributed by atoms with Gasteiger partial charge in [0, 0.05) is 43.2 Å². The lowest BCUT2D eigenvalue weighted by molar-refractivity contribution is 0.0633. The Kier molecular flexibility index (Phi) is 6.90. The summed E-state index contributed by atoms with van der Waals surface area (Å²) in [5.74, 6) is 1.31. The van der Waals surface area contributed by atoms with Crippen LogP contribution in [0.5, 0.6) is 5.75 Å². The Morgan fingerprint density at radius 3 is 2.06 bits per heavy atom. The molecule has 2 saturated heterocycles. The molecule has 2 aliphatic heterocycles. The second-order valence-electron chi connectivity index (χ2n) is 8.81. The molecule has 2 heterocycles. The Hall–Kier alpha value is -2.82. The molecule has 0 bridgehead atoms. The molecule has 0 saturated carbocycles. The van der Waals surface area contributed by atoms with Crippen molar-refractivity contribution in [1.82, 2.24) is 9.80 Å². The first-order valence-corrected chi connectivity index (χ1v) is 11.5. The van der Waals surface area contributed by atoms with Gasteiger partial charge in [0.15, 0.2) is 0 Å². The maximum atomic E-state index is 12.8. The van der Waals surface area contributed by atoms with Gasteiger partial charge in [-0.3, -0.25) is 9.59 Å². The second kappa shape index (κ2) is 9.99. The molecule has 2 amide bonds. The molecule has 2 aromatic rings. The van der Waals surface area contributed by atoms with Gasteiger partial charge in [-0.1, -0.05) is 17.7 Å². The van der Waals surface area contributed by atoms with Crippen molar-refractivity contribution in [3.05, 3.63) is 65.2 Å². The van der Waals surface area contributed by atoms with Crippen LogP contribution in [0.3, 0.4) is 0 Å². The minimum Gasteiger partial charge on any atom is -0.493 e. The van der Waals surface area contributed by atoms with Gasteiger partial charge >= 0.3 is 0 Å². The van der Waals surface area contributed by atoms with Gasteiger partial charge in [-0.15, -0.1) is 0 Å². The summed E-state index contributed by atoms with van der Waals surface area (Å²) in [4.78, 5) is 29.3. The molecular weight excluding hydrogens is 388 g/mol. The number of hydrogen-bond acceptors (Lipinski definition) is 3. The number of aryl methyl sites for hydroxylation is 1. The number of hydrogen-bond donors (Lipinski definition) is 0. The minimum atomic E-state index is 0.102. The van der Waals surface area contributed by atoms with Crippen molar-refractivity contribution >= 4 is 11.8 Å². The van der Waals surface area contributed by atoms with Crippen LogP contribution in [0.2, 0.25) is 0 Å². The van der Waals surface area contributed by atoms with Gasteiger partial charge in [0.25, 0.3) is 11.8 Å². The summed E-state index contributed by atoms with van der Waals surface area (Å²) < 4.78 is 6.01. The topological polar surface area (TPSA) is 49.9 Å². The summed E-state index contributed by atoms with van der Waals surface area (Å²) in [6, 6.07) is 15.3. The Morgan fingerprint density at radius 1 is 0.806 bits per heavy atom. The number of likely N-dealkylation sites (tertiary alicyclic amines) is 2. The lowest BCUT2D eigenvalue weighted by Crippen LogP contribution is -2.41. The maximum Gasteiger partial charge on any atom is 0.253 e. The molecule has 31 heavy (non-hydrogen) atoms. The van der Waals surface area contributed by atoms with Gasteiger partial charge in [0.05, 0.1) is 6.61 Å². The predicted molar refractivity (Wildman–Crippen MR) is 121 cm³/mol. The lowest BCUT2D eigenvalue weighted by Gasteiger charge is -2.32. The van der Waals surface area contributed by atoms with E-state index in [1.165, 1.54) is 6.42 Å². The van der Waals surface area contributed by atoms with E-state index in [1.54, 1.807) is 0 Å². The molecular formula is C26H32N2O3. The molecule has 5 heteroatoms. The minimum absolute atomic E-state index is 0.102. The summed E-state index contributed by atoms with van der Waals surface area (Å²) in [6.45, 7) is 5.84. The standard InChI is InChI=1S/C26H32N2O3/c1-20-7-9-22(10-8-20)26(30)28-17-5-6-21(18-28)19-31-24-13-11-23(12-14-24)25(29)27-15-3-2-4-16-27/h7-14,21H,2-6,15-19H2,1H3/t21-/m1/s1. The molecule has 0 unspecified atom stereocenters. The Labute approximate surface area is 185 Å². The summed E-state index contributed by atoms with van der Waals surface area (Å²) in [7, 11) is 0. The molecule has 5 nitrogen and oxygen atoms in total. The number of rotatable bonds is 5. The number of benzene rings is 2. The van der Waals surface area contributed by atoms with E-state index in [9.17, 15) is 9.59 Å². The highest BCUT2D eigenvalue weighted by molar-refractivity contribution is 5.94. The fourth-order valence-corrected chi connectivity index (χ4v) is 4.45. The quantitative estimate of drug-likeness (QED) is 0.713. The molecule has 2 aliphatic rings. The van der Waals surface area contributed by atoms with Crippen molar-refractivity contribution in [1.29, 1.82) is 0 Å².